The van der Waals surface area contributed by atoms with Crippen molar-refractivity contribution in [2.45, 2.75) is 63.9 Å². The quantitative estimate of drug-likeness (QED) is 0.830. The molecule has 0 saturated carbocycles. The van der Waals surface area contributed by atoms with Crippen LogP contribution in [0, 0.1) is 0 Å². The van der Waals surface area contributed by atoms with Crippen molar-refractivity contribution in [3.8, 4) is 0 Å². The number of rotatable bonds is 5. The number of piperidine rings is 1. The third-order valence-electron chi connectivity index (χ3n) is 5.15. The number of carbonyl (C=O) groups is 2. The van der Waals surface area contributed by atoms with Gasteiger partial charge in [0.05, 0.1) is 31.2 Å². The molecule has 4 atom stereocenters. The Hall–Kier alpha value is -2.08. The summed E-state index contributed by atoms with van der Waals surface area (Å²) >= 11 is 0. The fourth-order valence-corrected chi connectivity index (χ4v) is 4.10. The number of aliphatic hydroxyl groups is 1. The number of nitrogens with zero attached hydrogens (tertiary/aromatic N) is 2. The molecule has 0 radical (unpaired) electrons. The number of ether oxygens (including phenoxy) is 1. The van der Waals surface area contributed by atoms with Crippen LogP contribution in [0.1, 0.15) is 38.7 Å². The summed E-state index contributed by atoms with van der Waals surface area (Å²) in [6.45, 7) is 4.52. The van der Waals surface area contributed by atoms with Gasteiger partial charge in [0, 0.05) is 12.6 Å². The number of esters is 1. The lowest BCUT2D eigenvalue weighted by Crippen LogP contribution is -2.50. The highest BCUT2D eigenvalue weighted by atomic mass is 16.5. The average molecular weight is 346 g/mol. The van der Waals surface area contributed by atoms with E-state index in [9.17, 15) is 14.7 Å². The number of amides is 2. The molecule has 0 aromatic heterocycles. The molecule has 0 aliphatic carbocycles. The fraction of sp³-hybridized carbons (Fsp3) is 0.579. The van der Waals surface area contributed by atoms with Gasteiger partial charge in [-0.2, -0.15) is 0 Å². The minimum atomic E-state index is -0.439. The molecule has 2 fully saturated rings. The van der Waals surface area contributed by atoms with E-state index in [4.69, 9.17) is 4.74 Å². The molecule has 1 aromatic carbocycles. The first kappa shape index (κ1) is 17.7. The molecule has 2 saturated heterocycles. The van der Waals surface area contributed by atoms with E-state index in [1.165, 1.54) is 0 Å². The minimum absolute atomic E-state index is 0.0354. The summed E-state index contributed by atoms with van der Waals surface area (Å²) in [7, 11) is 0. The van der Waals surface area contributed by atoms with Crippen LogP contribution in [0.15, 0.2) is 30.3 Å². The molecule has 2 heterocycles. The van der Waals surface area contributed by atoms with Gasteiger partial charge in [-0.1, -0.05) is 30.3 Å². The summed E-state index contributed by atoms with van der Waals surface area (Å²) in [6.07, 6.45) is 0.803. The van der Waals surface area contributed by atoms with Gasteiger partial charge in [-0.3, -0.25) is 4.79 Å². The van der Waals surface area contributed by atoms with E-state index < -0.39 is 6.10 Å². The van der Waals surface area contributed by atoms with Crippen molar-refractivity contribution >= 4 is 12.0 Å². The smallest absolute Gasteiger partial charge is 0.321 e. The van der Waals surface area contributed by atoms with Crippen LogP contribution in [0.4, 0.5) is 4.79 Å². The van der Waals surface area contributed by atoms with Gasteiger partial charge in [-0.15, -0.1) is 0 Å². The zero-order valence-corrected chi connectivity index (χ0v) is 14.8. The normalized spacial score (nSPS) is 28.8. The highest BCUT2D eigenvalue weighted by Crippen LogP contribution is 2.36. The first-order chi connectivity index (χ1) is 12.0. The standard InChI is InChI=1S/C19H26N2O4/c1-3-25-18(23)11-16-17-10-15(22)9-13(2)21(17)19(24)20(16)12-14-7-5-4-6-8-14/h4-8,13,15-17,22H,3,9-12H2,1-2H3/t13-,15+,16-,17-/m1/s1. The molecule has 136 valence electrons. The second-order valence-electron chi connectivity index (χ2n) is 6.92. The number of urea groups is 1. The molecule has 3 rings (SSSR count). The van der Waals surface area contributed by atoms with Crippen LogP contribution in [0.25, 0.3) is 0 Å². The van der Waals surface area contributed by atoms with Crippen molar-refractivity contribution in [1.29, 1.82) is 0 Å². The SMILES string of the molecule is CCOC(=O)C[C@@H]1[C@H]2C[C@@H](O)C[C@@H](C)N2C(=O)N1Cc1ccccc1. The molecule has 2 aliphatic rings. The Bertz CT molecular complexity index is 621. The Morgan fingerprint density at radius 2 is 2.00 bits per heavy atom. The predicted molar refractivity (Wildman–Crippen MR) is 92.7 cm³/mol. The lowest BCUT2D eigenvalue weighted by molar-refractivity contribution is -0.144. The molecule has 0 spiro atoms. The lowest BCUT2D eigenvalue weighted by atomic mass is 9.90. The Labute approximate surface area is 148 Å². The van der Waals surface area contributed by atoms with Crippen molar-refractivity contribution < 1.29 is 19.4 Å². The monoisotopic (exact) mass is 346 g/mol. The van der Waals surface area contributed by atoms with Crippen LogP contribution in [-0.4, -0.2) is 57.7 Å². The topological polar surface area (TPSA) is 70.1 Å². The number of aliphatic hydroxyl groups excluding tert-OH is 1. The summed E-state index contributed by atoms with van der Waals surface area (Å²) in [6, 6.07) is 9.26. The summed E-state index contributed by atoms with van der Waals surface area (Å²) < 4.78 is 5.11. The maximum atomic E-state index is 13.0. The average Bonchev–Trinajstić information content (AvgIpc) is 2.81. The molecule has 1 N–H and O–H groups in total. The van der Waals surface area contributed by atoms with Gasteiger partial charge in [0.2, 0.25) is 0 Å². The third kappa shape index (κ3) is 3.63. The summed E-state index contributed by atoms with van der Waals surface area (Å²) in [4.78, 5) is 28.7. The largest absolute Gasteiger partial charge is 0.466 e. The van der Waals surface area contributed by atoms with Crippen molar-refractivity contribution in [3.63, 3.8) is 0 Å². The number of hydrogen-bond donors (Lipinski definition) is 1. The van der Waals surface area contributed by atoms with Crippen LogP contribution in [0.3, 0.4) is 0 Å². The van der Waals surface area contributed by atoms with E-state index in [1.807, 2.05) is 42.2 Å². The minimum Gasteiger partial charge on any atom is -0.466 e. The molecule has 2 aliphatic heterocycles. The van der Waals surface area contributed by atoms with Crippen LogP contribution in [0.5, 0.6) is 0 Å². The molecule has 0 bridgehead atoms. The Balaban J connectivity index is 1.86. The van der Waals surface area contributed by atoms with Gasteiger partial charge in [0.1, 0.15) is 0 Å². The number of benzene rings is 1. The Kier molecular flexibility index (Phi) is 5.27. The predicted octanol–water partition coefficient (Wildman–Crippen LogP) is 2.16. The van der Waals surface area contributed by atoms with E-state index in [2.05, 4.69) is 0 Å². The molecular formula is C19H26N2O4. The lowest BCUT2D eigenvalue weighted by Gasteiger charge is -2.38. The summed E-state index contributed by atoms with van der Waals surface area (Å²) in [5.41, 5.74) is 1.03. The van der Waals surface area contributed by atoms with E-state index in [-0.39, 0.29) is 36.5 Å². The first-order valence-corrected chi connectivity index (χ1v) is 8.97. The van der Waals surface area contributed by atoms with Gasteiger partial charge in [0.15, 0.2) is 0 Å². The number of carbonyl (C=O) groups excluding carboxylic acids is 2. The van der Waals surface area contributed by atoms with E-state index in [0.29, 0.717) is 26.0 Å². The fourth-order valence-electron chi connectivity index (χ4n) is 4.10. The maximum Gasteiger partial charge on any atom is 0.321 e. The van der Waals surface area contributed by atoms with Gasteiger partial charge >= 0.3 is 12.0 Å². The van der Waals surface area contributed by atoms with Crippen LogP contribution in [0.2, 0.25) is 0 Å². The van der Waals surface area contributed by atoms with Crippen LogP contribution >= 0.6 is 0 Å². The highest BCUT2D eigenvalue weighted by Gasteiger charge is 2.51. The number of hydrogen-bond acceptors (Lipinski definition) is 4. The maximum absolute atomic E-state index is 13.0. The molecule has 6 nitrogen and oxygen atoms in total. The third-order valence-corrected chi connectivity index (χ3v) is 5.15. The molecule has 2 amide bonds. The van der Waals surface area contributed by atoms with Crippen molar-refractivity contribution in [1.82, 2.24) is 9.80 Å². The molecule has 1 aromatic rings. The van der Waals surface area contributed by atoms with Crippen molar-refractivity contribution in [2.75, 3.05) is 6.61 Å². The van der Waals surface area contributed by atoms with Crippen LogP contribution in [-0.2, 0) is 16.1 Å². The zero-order chi connectivity index (χ0) is 18.0. The molecule has 6 heteroatoms. The number of fused-ring (bicyclic) bond motifs is 1. The van der Waals surface area contributed by atoms with Crippen molar-refractivity contribution in [3.05, 3.63) is 35.9 Å². The molecule has 0 unspecified atom stereocenters. The Morgan fingerprint density at radius 3 is 2.68 bits per heavy atom. The van der Waals surface area contributed by atoms with Gasteiger partial charge in [0.25, 0.3) is 0 Å². The molecular weight excluding hydrogens is 320 g/mol. The van der Waals surface area contributed by atoms with Gasteiger partial charge in [-0.25, -0.2) is 4.79 Å². The second-order valence-corrected chi connectivity index (χ2v) is 6.92. The van der Waals surface area contributed by atoms with E-state index in [1.54, 1.807) is 11.8 Å². The zero-order valence-electron chi connectivity index (χ0n) is 14.8. The molecule has 25 heavy (non-hydrogen) atoms. The highest BCUT2D eigenvalue weighted by molar-refractivity contribution is 5.80. The van der Waals surface area contributed by atoms with Crippen molar-refractivity contribution in [2.24, 2.45) is 0 Å². The first-order valence-electron chi connectivity index (χ1n) is 8.97. The van der Waals surface area contributed by atoms with E-state index in [0.717, 1.165) is 5.56 Å². The van der Waals surface area contributed by atoms with Gasteiger partial charge in [-0.05, 0) is 32.3 Å². The van der Waals surface area contributed by atoms with Gasteiger partial charge < -0.3 is 19.6 Å². The summed E-state index contributed by atoms with van der Waals surface area (Å²) in [5, 5.41) is 10.2. The summed E-state index contributed by atoms with van der Waals surface area (Å²) in [5.74, 6) is -0.298. The second kappa shape index (κ2) is 7.44. The van der Waals surface area contributed by atoms with Crippen LogP contribution < -0.4 is 0 Å². The Morgan fingerprint density at radius 1 is 1.28 bits per heavy atom. The van der Waals surface area contributed by atoms with E-state index >= 15 is 0 Å².